The molecule has 2 aromatic heterocycles. The maximum atomic E-state index is 6.13. The van der Waals surface area contributed by atoms with Crippen molar-refractivity contribution >= 4 is 38.9 Å². The van der Waals surface area contributed by atoms with E-state index in [4.69, 9.17) is 16.0 Å². The minimum absolute atomic E-state index is 0.140. The monoisotopic (exact) mass is 347 g/mol. The summed E-state index contributed by atoms with van der Waals surface area (Å²) in [5.74, 6) is 1.89. The van der Waals surface area contributed by atoms with Gasteiger partial charge in [-0.3, -0.25) is 0 Å². The standard InChI is InChI=1S/C13H15BrClNOS/c1-4-16-12(9-5-7(2)17-8(9)3)11-6-10(14)13(15)18-11/h5-6,12,16H,4H2,1-3H3. The van der Waals surface area contributed by atoms with Gasteiger partial charge in [0.05, 0.1) is 6.04 Å². The van der Waals surface area contributed by atoms with Gasteiger partial charge in [0.2, 0.25) is 0 Å². The van der Waals surface area contributed by atoms with Gasteiger partial charge in [-0.1, -0.05) is 18.5 Å². The summed E-state index contributed by atoms with van der Waals surface area (Å²) in [6.45, 7) is 6.95. The van der Waals surface area contributed by atoms with E-state index in [9.17, 15) is 0 Å². The van der Waals surface area contributed by atoms with Crippen LogP contribution in [0.5, 0.6) is 0 Å². The van der Waals surface area contributed by atoms with Gasteiger partial charge in [0.25, 0.3) is 0 Å². The molecule has 0 radical (unpaired) electrons. The van der Waals surface area contributed by atoms with Crippen LogP contribution >= 0.6 is 38.9 Å². The third-order valence-corrected chi connectivity index (χ3v) is 5.29. The van der Waals surface area contributed by atoms with E-state index in [1.54, 1.807) is 11.3 Å². The van der Waals surface area contributed by atoms with Crippen LogP contribution in [-0.2, 0) is 0 Å². The first-order valence-electron chi connectivity index (χ1n) is 5.78. The number of hydrogen-bond donors (Lipinski definition) is 1. The van der Waals surface area contributed by atoms with Crippen molar-refractivity contribution < 1.29 is 4.42 Å². The second-order valence-electron chi connectivity index (χ2n) is 4.13. The van der Waals surface area contributed by atoms with Crippen LogP contribution in [0, 0.1) is 13.8 Å². The van der Waals surface area contributed by atoms with Crippen LogP contribution in [0.25, 0.3) is 0 Å². The van der Waals surface area contributed by atoms with E-state index in [1.807, 2.05) is 13.8 Å². The molecule has 0 aliphatic heterocycles. The first-order chi connectivity index (χ1) is 8.52. The van der Waals surface area contributed by atoms with Crippen LogP contribution in [0.3, 0.4) is 0 Å². The molecule has 0 aliphatic rings. The number of rotatable bonds is 4. The SMILES string of the molecule is CCNC(c1cc(Br)c(Cl)s1)c1cc(C)oc1C. The number of hydrogen-bond acceptors (Lipinski definition) is 3. The minimum atomic E-state index is 0.140. The van der Waals surface area contributed by atoms with E-state index in [0.29, 0.717) is 0 Å². The average Bonchev–Trinajstić information content (AvgIpc) is 2.79. The number of nitrogens with one attached hydrogen (secondary N) is 1. The van der Waals surface area contributed by atoms with Crippen LogP contribution in [0.1, 0.15) is 34.9 Å². The fourth-order valence-electron chi connectivity index (χ4n) is 2.01. The van der Waals surface area contributed by atoms with Crippen molar-refractivity contribution in [3.63, 3.8) is 0 Å². The fraction of sp³-hybridized carbons (Fsp3) is 0.385. The maximum absolute atomic E-state index is 6.13. The molecule has 0 bridgehead atoms. The van der Waals surface area contributed by atoms with Crippen molar-refractivity contribution in [2.75, 3.05) is 6.54 Å². The lowest BCUT2D eigenvalue weighted by Crippen LogP contribution is -2.21. The Hall–Kier alpha value is -0.290. The average molecular weight is 349 g/mol. The van der Waals surface area contributed by atoms with E-state index >= 15 is 0 Å². The molecule has 0 amide bonds. The molecule has 1 unspecified atom stereocenters. The van der Waals surface area contributed by atoms with E-state index < -0.39 is 0 Å². The zero-order chi connectivity index (χ0) is 13.3. The second-order valence-corrected chi connectivity index (χ2v) is 6.67. The Morgan fingerprint density at radius 2 is 2.17 bits per heavy atom. The third kappa shape index (κ3) is 2.82. The summed E-state index contributed by atoms with van der Waals surface area (Å²) < 4.78 is 7.35. The Labute approximate surface area is 124 Å². The van der Waals surface area contributed by atoms with Crippen LogP contribution in [0.2, 0.25) is 4.34 Å². The largest absolute Gasteiger partial charge is 0.466 e. The molecule has 0 aliphatic carbocycles. The van der Waals surface area contributed by atoms with Crippen LogP contribution in [0.4, 0.5) is 0 Å². The van der Waals surface area contributed by atoms with Gasteiger partial charge in [-0.2, -0.15) is 0 Å². The van der Waals surface area contributed by atoms with Crippen molar-refractivity contribution in [2.45, 2.75) is 26.8 Å². The van der Waals surface area contributed by atoms with Crippen molar-refractivity contribution in [3.8, 4) is 0 Å². The van der Waals surface area contributed by atoms with Crippen molar-refractivity contribution in [2.24, 2.45) is 0 Å². The molecule has 2 aromatic rings. The molecule has 2 heterocycles. The van der Waals surface area contributed by atoms with Crippen molar-refractivity contribution in [3.05, 3.63) is 42.9 Å². The smallest absolute Gasteiger partial charge is 0.107 e. The summed E-state index contributed by atoms with van der Waals surface area (Å²) in [4.78, 5) is 1.19. The summed E-state index contributed by atoms with van der Waals surface area (Å²) in [6, 6.07) is 4.30. The van der Waals surface area contributed by atoms with Crippen LogP contribution in [0.15, 0.2) is 21.0 Å². The van der Waals surface area contributed by atoms with Gasteiger partial charge in [-0.15, -0.1) is 11.3 Å². The molecule has 0 saturated carbocycles. The molecular formula is C13H15BrClNOS. The van der Waals surface area contributed by atoms with E-state index in [0.717, 1.165) is 26.9 Å². The summed E-state index contributed by atoms with van der Waals surface area (Å²) >= 11 is 11.2. The number of furan rings is 1. The Bertz CT molecular complexity index is 530. The highest BCUT2D eigenvalue weighted by molar-refractivity contribution is 9.10. The number of thiophene rings is 1. The van der Waals surface area contributed by atoms with Crippen LogP contribution < -0.4 is 5.32 Å². The molecule has 2 nitrogen and oxygen atoms in total. The fourth-order valence-corrected chi connectivity index (χ4v) is 3.84. The van der Waals surface area contributed by atoms with Gasteiger partial charge >= 0.3 is 0 Å². The first-order valence-corrected chi connectivity index (χ1v) is 7.76. The highest BCUT2D eigenvalue weighted by atomic mass is 79.9. The van der Waals surface area contributed by atoms with Gasteiger partial charge in [0.1, 0.15) is 15.9 Å². The zero-order valence-corrected chi connectivity index (χ0v) is 13.7. The molecule has 0 saturated heterocycles. The highest BCUT2D eigenvalue weighted by Gasteiger charge is 2.21. The quantitative estimate of drug-likeness (QED) is 0.834. The predicted octanol–water partition coefficient (Wildman–Crippen LogP) is 5.07. The minimum Gasteiger partial charge on any atom is -0.466 e. The molecule has 1 N–H and O–H groups in total. The number of halogens is 2. The molecule has 0 spiro atoms. The van der Waals surface area contributed by atoms with E-state index in [2.05, 4.69) is 40.3 Å². The topological polar surface area (TPSA) is 25.2 Å². The van der Waals surface area contributed by atoms with Gasteiger partial charge in [0.15, 0.2) is 0 Å². The molecule has 98 valence electrons. The Morgan fingerprint density at radius 3 is 2.61 bits per heavy atom. The zero-order valence-electron chi connectivity index (χ0n) is 10.5. The predicted molar refractivity (Wildman–Crippen MR) is 80.7 cm³/mol. The normalized spacial score (nSPS) is 12.9. The highest BCUT2D eigenvalue weighted by Crippen LogP contribution is 2.38. The Balaban J connectivity index is 2.42. The van der Waals surface area contributed by atoms with Gasteiger partial charge < -0.3 is 9.73 Å². The van der Waals surface area contributed by atoms with Gasteiger partial charge in [-0.05, 0) is 48.5 Å². The van der Waals surface area contributed by atoms with Crippen molar-refractivity contribution in [1.29, 1.82) is 0 Å². The van der Waals surface area contributed by atoms with Crippen molar-refractivity contribution in [1.82, 2.24) is 5.32 Å². The van der Waals surface area contributed by atoms with Gasteiger partial charge in [-0.25, -0.2) is 0 Å². The van der Waals surface area contributed by atoms with E-state index in [1.165, 1.54) is 10.4 Å². The molecule has 0 fully saturated rings. The summed E-state index contributed by atoms with van der Waals surface area (Å²) in [5.41, 5.74) is 1.18. The second kappa shape index (κ2) is 5.78. The Kier molecular flexibility index (Phi) is 4.54. The molecule has 1 atom stereocenters. The first kappa shape index (κ1) is 14.1. The lowest BCUT2D eigenvalue weighted by molar-refractivity contribution is 0.495. The number of aryl methyl sites for hydroxylation is 2. The molecule has 18 heavy (non-hydrogen) atoms. The van der Waals surface area contributed by atoms with E-state index in [-0.39, 0.29) is 6.04 Å². The molecular weight excluding hydrogens is 334 g/mol. The molecule has 5 heteroatoms. The molecule has 0 aromatic carbocycles. The lowest BCUT2D eigenvalue weighted by Gasteiger charge is -2.15. The molecule has 2 rings (SSSR count). The van der Waals surface area contributed by atoms with Crippen LogP contribution in [-0.4, -0.2) is 6.54 Å². The maximum Gasteiger partial charge on any atom is 0.107 e. The van der Waals surface area contributed by atoms with Gasteiger partial charge in [0, 0.05) is 14.9 Å². The summed E-state index contributed by atoms with van der Waals surface area (Å²) in [5, 5.41) is 3.48. The Morgan fingerprint density at radius 1 is 1.44 bits per heavy atom. The third-order valence-electron chi connectivity index (χ3n) is 2.75. The summed E-state index contributed by atoms with van der Waals surface area (Å²) in [7, 11) is 0. The lowest BCUT2D eigenvalue weighted by atomic mass is 10.1. The summed E-state index contributed by atoms with van der Waals surface area (Å²) in [6.07, 6.45) is 0.